The van der Waals surface area contributed by atoms with Gasteiger partial charge in [0.2, 0.25) is 0 Å². The highest BCUT2D eigenvalue weighted by Gasteiger charge is 2.22. The van der Waals surface area contributed by atoms with Gasteiger partial charge in [-0.1, -0.05) is 24.3 Å². The maximum absolute atomic E-state index is 12.3. The molecule has 104 valence electrons. The number of aromatic nitrogens is 1. The van der Waals surface area contributed by atoms with E-state index in [2.05, 4.69) is 10.3 Å². The molecule has 1 fully saturated rings. The smallest absolute Gasteiger partial charge is 0.270 e. The Kier molecular flexibility index (Phi) is 3.65. The molecule has 1 aromatic heterocycles. The van der Waals surface area contributed by atoms with Gasteiger partial charge in [0.05, 0.1) is 0 Å². The first-order chi connectivity index (χ1) is 9.74. The van der Waals surface area contributed by atoms with Crippen molar-refractivity contribution in [3.05, 3.63) is 42.2 Å². The van der Waals surface area contributed by atoms with Crippen LogP contribution in [0.25, 0.3) is 10.8 Å². The lowest BCUT2D eigenvalue weighted by atomic mass is 10.1. The number of amides is 1. The minimum absolute atomic E-state index is 0.0951. The van der Waals surface area contributed by atoms with Crippen molar-refractivity contribution in [3.8, 4) is 0 Å². The molecule has 1 saturated carbocycles. The van der Waals surface area contributed by atoms with Gasteiger partial charge in [-0.05, 0) is 36.6 Å². The van der Waals surface area contributed by atoms with Gasteiger partial charge in [0.25, 0.3) is 5.91 Å². The molecular formula is C16H19N3O. The summed E-state index contributed by atoms with van der Waals surface area (Å²) in [5, 5.41) is 4.93. The molecule has 0 bridgehead atoms. The predicted octanol–water partition coefficient (Wildman–Crippen LogP) is 2.09. The van der Waals surface area contributed by atoms with Crippen LogP contribution < -0.4 is 11.1 Å². The Morgan fingerprint density at radius 1 is 1.30 bits per heavy atom. The van der Waals surface area contributed by atoms with Gasteiger partial charge in [-0.15, -0.1) is 0 Å². The Morgan fingerprint density at radius 2 is 2.15 bits per heavy atom. The fourth-order valence-corrected chi connectivity index (χ4v) is 2.92. The summed E-state index contributed by atoms with van der Waals surface area (Å²) in [5.74, 6) is 0.409. The standard InChI is InChI=1S/C16H19N3O/c17-13-6-5-11(9-13)10-19-16(20)15-14-4-2-1-3-12(14)7-8-18-15/h1-4,7-8,11,13H,5-6,9-10,17H2,(H,19,20). The summed E-state index contributed by atoms with van der Waals surface area (Å²) in [5.41, 5.74) is 6.40. The van der Waals surface area contributed by atoms with Crippen molar-refractivity contribution in [2.45, 2.75) is 25.3 Å². The van der Waals surface area contributed by atoms with Gasteiger partial charge in [0.1, 0.15) is 5.69 Å². The largest absolute Gasteiger partial charge is 0.350 e. The summed E-state index contributed by atoms with van der Waals surface area (Å²) in [4.78, 5) is 16.5. The Morgan fingerprint density at radius 3 is 2.95 bits per heavy atom. The van der Waals surface area contributed by atoms with Crippen molar-refractivity contribution >= 4 is 16.7 Å². The zero-order chi connectivity index (χ0) is 13.9. The maximum atomic E-state index is 12.3. The van der Waals surface area contributed by atoms with Crippen molar-refractivity contribution in [1.29, 1.82) is 0 Å². The molecule has 0 saturated heterocycles. The lowest BCUT2D eigenvalue weighted by Crippen LogP contribution is -2.29. The SMILES string of the molecule is NC1CCC(CNC(=O)c2nccc3ccccc23)C1. The van der Waals surface area contributed by atoms with E-state index in [4.69, 9.17) is 5.73 Å². The molecule has 1 aliphatic carbocycles. The molecule has 1 aliphatic rings. The second-order valence-corrected chi connectivity index (χ2v) is 5.53. The Hall–Kier alpha value is -1.94. The van der Waals surface area contributed by atoms with Crippen LogP contribution in [0.1, 0.15) is 29.8 Å². The second-order valence-electron chi connectivity index (χ2n) is 5.53. The molecule has 0 aliphatic heterocycles. The summed E-state index contributed by atoms with van der Waals surface area (Å²) in [6, 6.07) is 10.0. The van der Waals surface area contributed by atoms with E-state index < -0.39 is 0 Å². The highest BCUT2D eigenvalue weighted by molar-refractivity contribution is 6.05. The van der Waals surface area contributed by atoms with Crippen LogP contribution >= 0.6 is 0 Å². The van der Waals surface area contributed by atoms with Gasteiger partial charge in [-0.3, -0.25) is 9.78 Å². The monoisotopic (exact) mass is 269 g/mol. The quantitative estimate of drug-likeness (QED) is 0.896. The first kappa shape index (κ1) is 13.1. The first-order valence-electron chi connectivity index (χ1n) is 7.11. The fraction of sp³-hybridized carbons (Fsp3) is 0.375. The van der Waals surface area contributed by atoms with Crippen molar-refractivity contribution in [2.75, 3.05) is 6.54 Å². The summed E-state index contributed by atoms with van der Waals surface area (Å²) in [7, 11) is 0. The molecule has 4 nitrogen and oxygen atoms in total. The Bertz CT molecular complexity index is 621. The number of carbonyl (C=O) groups excluding carboxylic acids is 1. The van der Waals surface area contributed by atoms with Gasteiger partial charge in [0.15, 0.2) is 0 Å². The molecule has 20 heavy (non-hydrogen) atoms. The van der Waals surface area contributed by atoms with E-state index in [0.29, 0.717) is 24.2 Å². The summed E-state index contributed by atoms with van der Waals surface area (Å²) in [6.07, 6.45) is 4.85. The van der Waals surface area contributed by atoms with E-state index in [9.17, 15) is 4.79 Å². The minimum Gasteiger partial charge on any atom is -0.350 e. The number of carbonyl (C=O) groups is 1. The van der Waals surface area contributed by atoms with Crippen LogP contribution in [0.2, 0.25) is 0 Å². The van der Waals surface area contributed by atoms with E-state index in [1.807, 2.05) is 30.3 Å². The number of pyridine rings is 1. The van der Waals surface area contributed by atoms with E-state index in [0.717, 1.165) is 30.0 Å². The summed E-state index contributed by atoms with van der Waals surface area (Å²) in [6.45, 7) is 0.692. The Balaban J connectivity index is 1.72. The second kappa shape index (κ2) is 5.59. The van der Waals surface area contributed by atoms with Crippen molar-refractivity contribution in [2.24, 2.45) is 11.7 Å². The lowest BCUT2D eigenvalue weighted by molar-refractivity contribution is 0.0944. The number of nitrogens with two attached hydrogens (primary N) is 1. The van der Waals surface area contributed by atoms with E-state index in [-0.39, 0.29) is 5.91 Å². The third kappa shape index (κ3) is 2.65. The van der Waals surface area contributed by atoms with Gasteiger partial charge >= 0.3 is 0 Å². The van der Waals surface area contributed by atoms with Gasteiger partial charge in [-0.25, -0.2) is 0 Å². The highest BCUT2D eigenvalue weighted by atomic mass is 16.1. The van der Waals surface area contributed by atoms with Crippen molar-refractivity contribution < 1.29 is 4.79 Å². The maximum Gasteiger partial charge on any atom is 0.270 e. The lowest BCUT2D eigenvalue weighted by Gasteiger charge is -2.11. The average Bonchev–Trinajstić information content (AvgIpc) is 2.90. The number of nitrogens with one attached hydrogen (secondary N) is 1. The molecule has 1 aromatic carbocycles. The van der Waals surface area contributed by atoms with Crippen LogP contribution in [0.3, 0.4) is 0 Å². The number of hydrogen-bond acceptors (Lipinski definition) is 3. The van der Waals surface area contributed by atoms with Crippen molar-refractivity contribution in [3.63, 3.8) is 0 Å². The van der Waals surface area contributed by atoms with Gasteiger partial charge < -0.3 is 11.1 Å². The molecule has 2 aromatic rings. The van der Waals surface area contributed by atoms with Crippen LogP contribution in [0.5, 0.6) is 0 Å². The van der Waals surface area contributed by atoms with Crippen LogP contribution in [0, 0.1) is 5.92 Å². The fourth-order valence-electron chi connectivity index (χ4n) is 2.92. The average molecular weight is 269 g/mol. The van der Waals surface area contributed by atoms with E-state index in [1.165, 1.54) is 0 Å². The zero-order valence-electron chi connectivity index (χ0n) is 11.4. The third-order valence-electron chi connectivity index (χ3n) is 4.02. The van der Waals surface area contributed by atoms with Crippen molar-refractivity contribution in [1.82, 2.24) is 10.3 Å². The number of nitrogens with zero attached hydrogens (tertiary/aromatic N) is 1. The van der Waals surface area contributed by atoms with Gasteiger partial charge in [-0.2, -0.15) is 0 Å². The van der Waals surface area contributed by atoms with Gasteiger partial charge in [0, 0.05) is 24.2 Å². The minimum atomic E-state index is -0.0951. The highest BCUT2D eigenvalue weighted by Crippen LogP contribution is 2.23. The van der Waals surface area contributed by atoms with Crippen LogP contribution in [-0.2, 0) is 0 Å². The molecule has 0 radical (unpaired) electrons. The molecule has 4 heteroatoms. The number of hydrogen-bond donors (Lipinski definition) is 2. The van der Waals surface area contributed by atoms with Crippen LogP contribution in [0.15, 0.2) is 36.5 Å². The predicted molar refractivity (Wildman–Crippen MR) is 79.4 cm³/mol. The third-order valence-corrected chi connectivity index (χ3v) is 4.02. The van der Waals surface area contributed by atoms with Crippen LogP contribution in [0.4, 0.5) is 0 Å². The topological polar surface area (TPSA) is 68.0 Å². The number of rotatable bonds is 3. The zero-order valence-corrected chi connectivity index (χ0v) is 11.4. The summed E-state index contributed by atoms with van der Waals surface area (Å²) < 4.78 is 0. The summed E-state index contributed by atoms with van der Waals surface area (Å²) >= 11 is 0. The normalized spacial score (nSPS) is 22.1. The molecule has 1 heterocycles. The molecule has 3 rings (SSSR count). The molecular weight excluding hydrogens is 250 g/mol. The molecule has 2 atom stereocenters. The van der Waals surface area contributed by atoms with E-state index in [1.54, 1.807) is 6.20 Å². The number of benzene rings is 1. The number of fused-ring (bicyclic) bond motifs is 1. The molecule has 3 N–H and O–H groups in total. The molecule has 2 unspecified atom stereocenters. The first-order valence-corrected chi connectivity index (χ1v) is 7.11. The Labute approximate surface area is 118 Å². The van der Waals surface area contributed by atoms with E-state index >= 15 is 0 Å². The molecule has 0 spiro atoms. The molecule has 1 amide bonds. The van der Waals surface area contributed by atoms with Crippen LogP contribution in [-0.4, -0.2) is 23.5 Å².